The van der Waals surface area contributed by atoms with Crippen molar-refractivity contribution in [2.24, 2.45) is 7.05 Å². The second-order valence-electron chi connectivity index (χ2n) is 9.94. The van der Waals surface area contributed by atoms with Crippen molar-refractivity contribution in [3.63, 3.8) is 0 Å². The molecule has 0 bridgehead atoms. The van der Waals surface area contributed by atoms with Crippen LogP contribution in [0.15, 0.2) is 66.9 Å². The van der Waals surface area contributed by atoms with E-state index < -0.39 is 23.5 Å². The lowest BCUT2D eigenvalue weighted by Gasteiger charge is -2.34. The van der Waals surface area contributed by atoms with Gasteiger partial charge in [0, 0.05) is 24.5 Å². The number of rotatable bonds is 10. The van der Waals surface area contributed by atoms with Gasteiger partial charge >= 0.3 is 5.97 Å². The lowest BCUT2D eigenvalue weighted by molar-refractivity contribution is -0.128. The Morgan fingerprint density at radius 3 is 2.51 bits per heavy atom. The van der Waals surface area contributed by atoms with E-state index in [4.69, 9.17) is 4.74 Å². The molecular weight excluding hydrogens is 496 g/mol. The first kappa shape index (κ1) is 27.6. The Bertz CT molecular complexity index is 1490. The molecule has 2 amide bonds. The number of anilines is 1. The van der Waals surface area contributed by atoms with E-state index in [1.807, 2.05) is 75.0 Å². The van der Waals surface area contributed by atoms with Crippen LogP contribution >= 0.6 is 0 Å². The summed E-state index contributed by atoms with van der Waals surface area (Å²) in [5.74, 6) is -1.26. The van der Waals surface area contributed by atoms with Crippen LogP contribution in [0.25, 0.3) is 11.0 Å². The molecule has 0 aliphatic carbocycles. The highest BCUT2D eigenvalue weighted by molar-refractivity contribution is 6.02. The van der Waals surface area contributed by atoms with E-state index in [0.717, 1.165) is 0 Å². The smallest absolute Gasteiger partial charge is 0.338 e. The summed E-state index contributed by atoms with van der Waals surface area (Å²) in [5.41, 5.74) is 2.10. The summed E-state index contributed by atoms with van der Waals surface area (Å²) in [5, 5.41) is 11.4. The molecule has 4 aromatic rings. The molecule has 1 N–H and O–H groups in total. The van der Waals surface area contributed by atoms with Gasteiger partial charge in [0.05, 0.1) is 23.4 Å². The number of fused-ring (bicyclic) bond motifs is 1. The van der Waals surface area contributed by atoms with Crippen LogP contribution in [-0.2, 0) is 27.9 Å². The Kier molecular flexibility index (Phi) is 8.13. The van der Waals surface area contributed by atoms with Crippen LogP contribution in [0.1, 0.15) is 56.2 Å². The summed E-state index contributed by atoms with van der Waals surface area (Å²) in [4.78, 5) is 42.2. The van der Waals surface area contributed by atoms with Crippen molar-refractivity contribution < 1.29 is 19.1 Å². The second-order valence-corrected chi connectivity index (χ2v) is 9.94. The van der Waals surface area contributed by atoms with Gasteiger partial charge in [-0.25, -0.2) is 9.48 Å². The minimum Gasteiger partial charge on any atom is -0.462 e. The van der Waals surface area contributed by atoms with Crippen LogP contribution in [0, 0.1) is 0 Å². The molecular formula is C29H34N6O4. The van der Waals surface area contributed by atoms with Crippen molar-refractivity contribution in [2.45, 2.75) is 52.2 Å². The molecule has 4 rings (SSSR count). The maximum absolute atomic E-state index is 14.2. The normalized spacial score (nSPS) is 12.2. The van der Waals surface area contributed by atoms with Crippen LogP contribution in [0.5, 0.6) is 0 Å². The molecule has 0 saturated carbocycles. The SMILES string of the molecule is CCOC(=O)c1cccc(N(C(=O)Cn2nnc3ccccc32)C(C(=O)NC(C)(C)CC)c2cccn2C)c1. The first-order valence-electron chi connectivity index (χ1n) is 13.0. The molecule has 0 fully saturated rings. The number of amides is 2. The largest absolute Gasteiger partial charge is 0.462 e. The summed E-state index contributed by atoms with van der Waals surface area (Å²) in [6.45, 7) is 7.62. The van der Waals surface area contributed by atoms with Gasteiger partial charge in [-0.2, -0.15) is 0 Å². The number of aryl methyl sites for hydroxylation is 1. The number of benzene rings is 2. The van der Waals surface area contributed by atoms with E-state index >= 15 is 0 Å². The van der Waals surface area contributed by atoms with Crippen LogP contribution < -0.4 is 10.2 Å². The lowest BCUT2D eigenvalue weighted by Crippen LogP contribution is -2.51. The summed E-state index contributed by atoms with van der Waals surface area (Å²) < 4.78 is 8.51. The molecule has 10 heteroatoms. The number of nitrogens with one attached hydrogen (secondary N) is 1. The van der Waals surface area contributed by atoms with Gasteiger partial charge < -0.3 is 14.6 Å². The predicted octanol–water partition coefficient (Wildman–Crippen LogP) is 4.03. The van der Waals surface area contributed by atoms with E-state index in [9.17, 15) is 14.4 Å². The number of carbonyl (C=O) groups excluding carboxylic acids is 3. The van der Waals surface area contributed by atoms with E-state index in [2.05, 4.69) is 15.6 Å². The summed E-state index contributed by atoms with van der Waals surface area (Å²) in [7, 11) is 1.82. The second kappa shape index (κ2) is 11.5. The minimum atomic E-state index is -1.03. The maximum Gasteiger partial charge on any atom is 0.338 e. The van der Waals surface area contributed by atoms with Gasteiger partial charge in [-0.15, -0.1) is 5.10 Å². The molecule has 2 aromatic heterocycles. The highest BCUT2D eigenvalue weighted by atomic mass is 16.5. The molecule has 2 heterocycles. The zero-order valence-corrected chi connectivity index (χ0v) is 22.9. The van der Waals surface area contributed by atoms with Gasteiger partial charge in [-0.3, -0.25) is 14.5 Å². The summed E-state index contributed by atoms with van der Waals surface area (Å²) in [6, 6.07) is 16.5. The fraction of sp³-hybridized carbons (Fsp3) is 0.345. The Morgan fingerprint density at radius 1 is 1.05 bits per heavy atom. The lowest BCUT2D eigenvalue weighted by atomic mass is 10.00. The third-order valence-electron chi connectivity index (χ3n) is 6.73. The van der Waals surface area contributed by atoms with E-state index in [-0.39, 0.29) is 24.6 Å². The zero-order chi connectivity index (χ0) is 28.2. The first-order chi connectivity index (χ1) is 18.6. The molecule has 2 aromatic carbocycles. The Morgan fingerprint density at radius 2 is 1.82 bits per heavy atom. The van der Waals surface area contributed by atoms with Crippen molar-refractivity contribution in [3.8, 4) is 0 Å². The zero-order valence-electron chi connectivity index (χ0n) is 22.9. The monoisotopic (exact) mass is 530 g/mol. The molecule has 0 spiro atoms. The Labute approximate surface area is 227 Å². The van der Waals surface area contributed by atoms with Crippen molar-refractivity contribution in [1.82, 2.24) is 24.9 Å². The molecule has 10 nitrogen and oxygen atoms in total. The molecule has 39 heavy (non-hydrogen) atoms. The average Bonchev–Trinajstić information content (AvgIpc) is 3.52. The molecule has 0 radical (unpaired) electrons. The number of hydrogen-bond donors (Lipinski definition) is 1. The third kappa shape index (κ3) is 6.00. The fourth-order valence-electron chi connectivity index (χ4n) is 4.31. The topological polar surface area (TPSA) is 111 Å². The highest BCUT2D eigenvalue weighted by Crippen LogP contribution is 2.30. The summed E-state index contributed by atoms with van der Waals surface area (Å²) in [6.07, 6.45) is 2.51. The number of ether oxygens (including phenoxy) is 1. The molecule has 0 aliphatic rings. The standard InChI is InChI=1S/C29H34N6O4/c1-6-29(3,4)30-27(37)26(24-16-11-17-33(24)5)35(21-13-10-12-20(18-21)28(38)39-7-2)25(36)19-34-23-15-9-8-14-22(23)31-32-34/h8-18,26H,6-7,19H2,1-5H3,(H,30,37). The van der Waals surface area contributed by atoms with Crippen molar-refractivity contribution in [1.29, 1.82) is 0 Å². The van der Waals surface area contributed by atoms with Crippen LogP contribution in [0.3, 0.4) is 0 Å². The quantitative estimate of drug-likeness (QED) is 0.310. The van der Waals surface area contributed by atoms with Crippen LogP contribution in [-0.4, -0.2) is 49.5 Å². The molecule has 204 valence electrons. The van der Waals surface area contributed by atoms with Gasteiger partial charge in [-0.1, -0.05) is 30.3 Å². The first-order valence-corrected chi connectivity index (χ1v) is 13.0. The van der Waals surface area contributed by atoms with Gasteiger partial charge in [0.15, 0.2) is 6.04 Å². The number of nitrogens with zero attached hydrogens (tertiary/aromatic N) is 5. The average molecular weight is 531 g/mol. The van der Waals surface area contributed by atoms with E-state index in [1.54, 1.807) is 31.2 Å². The van der Waals surface area contributed by atoms with Crippen molar-refractivity contribution >= 4 is 34.5 Å². The minimum absolute atomic E-state index is 0.171. The van der Waals surface area contributed by atoms with Gasteiger partial charge in [0.25, 0.3) is 0 Å². The molecule has 1 atom stereocenters. The predicted molar refractivity (Wildman–Crippen MR) is 148 cm³/mol. The van der Waals surface area contributed by atoms with Crippen molar-refractivity contribution in [3.05, 3.63) is 78.1 Å². The molecule has 0 aliphatic heterocycles. The van der Waals surface area contributed by atoms with Gasteiger partial charge in [0.1, 0.15) is 12.1 Å². The molecule has 1 unspecified atom stereocenters. The maximum atomic E-state index is 14.2. The Balaban J connectivity index is 1.85. The van der Waals surface area contributed by atoms with E-state index in [1.165, 1.54) is 9.58 Å². The third-order valence-corrected chi connectivity index (χ3v) is 6.73. The van der Waals surface area contributed by atoms with E-state index in [0.29, 0.717) is 28.8 Å². The number of carbonyl (C=O) groups is 3. The number of hydrogen-bond acceptors (Lipinski definition) is 6. The highest BCUT2D eigenvalue weighted by Gasteiger charge is 2.37. The van der Waals surface area contributed by atoms with Crippen molar-refractivity contribution in [2.75, 3.05) is 11.5 Å². The molecule has 0 saturated heterocycles. The number of esters is 1. The van der Waals surface area contributed by atoms with Gasteiger partial charge in [0.2, 0.25) is 11.8 Å². The number of aromatic nitrogens is 4. The summed E-state index contributed by atoms with van der Waals surface area (Å²) >= 11 is 0. The van der Waals surface area contributed by atoms with Gasteiger partial charge in [-0.05, 0) is 69.7 Å². The number of para-hydroxylation sites is 1. The van der Waals surface area contributed by atoms with Crippen LogP contribution in [0.4, 0.5) is 5.69 Å². The Hall–Kier alpha value is -4.47. The fourth-order valence-corrected chi connectivity index (χ4v) is 4.31. The van der Waals surface area contributed by atoms with Crippen LogP contribution in [0.2, 0.25) is 0 Å².